The third kappa shape index (κ3) is 3.09. The van der Waals surface area contributed by atoms with Crippen LogP contribution in [0.4, 0.5) is 10.5 Å². The summed E-state index contributed by atoms with van der Waals surface area (Å²) in [5, 5.41) is 0. The molecule has 0 aromatic heterocycles. The second kappa shape index (κ2) is 4.81. The van der Waals surface area contributed by atoms with E-state index in [0.717, 1.165) is 16.8 Å². The number of aryl methyl sites for hydroxylation is 2. The van der Waals surface area contributed by atoms with Crippen LogP contribution in [0.1, 0.15) is 37.5 Å². The van der Waals surface area contributed by atoms with Crippen molar-refractivity contribution in [3.8, 4) is 0 Å². The molecule has 3 heteroatoms. The second-order valence-electron chi connectivity index (χ2n) is 5.52. The molecule has 0 spiro atoms. The minimum atomic E-state index is -0.118. The highest BCUT2D eigenvalue weighted by atomic mass is 79.9. The van der Waals surface area contributed by atoms with Gasteiger partial charge >= 0.3 is 0 Å². The van der Waals surface area contributed by atoms with Crippen molar-refractivity contribution in [2.75, 3.05) is 11.9 Å². The topological polar surface area (TPSA) is 20.3 Å². The van der Waals surface area contributed by atoms with Crippen molar-refractivity contribution < 1.29 is 4.79 Å². The predicted molar refractivity (Wildman–Crippen MR) is 77.3 cm³/mol. The molecule has 0 fully saturated rings. The number of benzene rings is 1. The Hall–Kier alpha value is -0.830. The second-order valence-corrected chi connectivity index (χ2v) is 6.20. The third-order valence-electron chi connectivity index (χ3n) is 2.96. The van der Waals surface area contributed by atoms with Crippen molar-refractivity contribution in [2.45, 2.75) is 40.0 Å². The van der Waals surface area contributed by atoms with E-state index in [1.54, 1.807) is 11.9 Å². The van der Waals surface area contributed by atoms with Crippen LogP contribution in [0.5, 0.6) is 0 Å². The molecule has 1 aromatic carbocycles. The lowest BCUT2D eigenvalue weighted by Crippen LogP contribution is -2.22. The molecule has 0 N–H and O–H groups in total. The summed E-state index contributed by atoms with van der Waals surface area (Å²) >= 11 is 2.99. The quantitative estimate of drug-likeness (QED) is 0.550. The molecule has 0 aliphatic rings. The Morgan fingerprint density at radius 2 is 1.59 bits per heavy atom. The zero-order valence-corrected chi connectivity index (χ0v) is 13.0. The lowest BCUT2D eigenvalue weighted by molar-refractivity contribution is 0.267. The molecule has 2 nitrogen and oxygen atoms in total. The Labute approximate surface area is 112 Å². The monoisotopic (exact) mass is 297 g/mol. The van der Waals surface area contributed by atoms with Gasteiger partial charge < -0.3 is 4.90 Å². The van der Waals surface area contributed by atoms with Gasteiger partial charge in [0, 0.05) is 28.7 Å². The predicted octanol–water partition coefficient (Wildman–Crippen LogP) is 4.55. The van der Waals surface area contributed by atoms with Crippen molar-refractivity contribution in [1.29, 1.82) is 0 Å². The van der Waals surface area contributed by atoms with Crippen molar-refractivity contribution >= 4 is 26.4 Å². The first kappa shape index (κ1) is 14.2. The van der Waals surface area contributed by atoms with Crippen LogP contribution < -0.4 is 4.90 Å². The van der Waals surface area contributed by atoms with Gasteiger partial charge in [-0.3, -0.25) is 4.79 Å². The fourth-order valence-corrected chi connectivity index (χ4v) is 2.18. The van der Waals surface area contributed by atoms with Crippen LogP contribution >= 0.6 is 15.9 Å². The van der Waals surface area contributed by atoms with Crippen LogP contribution in [0.15, 0.2) is 12.1 Å². The first-order valence-corrected chi connectivity index (χ1v) is 6.49. The molecule has 17 heavy (non-hydrogen) atoms. The molecular formula is C14H20BrNO. The molecule has 0 atom stereocenters. The maximum atomic E-state index is 11.4. The Morgan fingerprint density at radius 3 is 1.88 bits per heavy atom. The molecule has 1 rings (SSSR count). The summed E-state index contributed by atoms with van der Waals surface area (Å²) in [6, 6.07) is 4.32. The van der Waals surface area contributed by atoms with E-state index >= 15 is 0 Å². The molecule has 0 unspecified atom stereocenters. The summed E-state index contributed by atoms with van der Waals surface area (Å²) in [7, 11) is 1.78. The molecule has 0 radical (unpaired) electrons. The minimum Gasteiger partial charge on any atom is -0.305 e. The van der Waals surface area contributed by atoms with E-state index < -0.39 is 0 Å². The summed E-state index contributed by atoms with van der Waals surface area (Å²) in [6.07, 6.45) is 0. The van der Waals surface area contributed by atoms with E-state index in [1.165, 1.54) is 5.56 Å². The largest absolute Gasteiger partial charge is 0.305 e. The van der Waals surface area contributed by atoms with Crippen LogP contribution in [0.2, 0.25) is 0 Å². The zero-order chi connectivity index (χ0) is 13.4. The Balaban J connectivity index is 3.34. The maximum Gasteiger partial charge on any atom is 0.293 e. The highest BCUT2D eigenvalue weighted by molar-refractivity contribution is 9.18. The fraction of sp³-hybridized carbons (Fsp3) is 0.500. The van der Waals surface area contributed by atoms with Gasteiger partial charge in [0.2, 0.25) is 0 Å². The van der Waals surface area contributed by atoms with Gasteiger partial charge in [-0.25, -0.2) is 0 Å². The Morgan fingerprint density at radius 1 is 1.18 bits per heavy atom. The standard InChI is InChI=1S/C14H20BrNO/c1-9-7-11(14(3,4)5)8-10(2)12(9)16(6)13(15)17/h7-8H,1-6H3. The summed E-state index contributed by atoms with van der Waals surface area (Å²) in [6.45, 7) is 10.7. The van der Waals surface area contributed by atoms with Crippen molar-refractivity contribution in [1.82, 2.24) is 0 Å². The van der Waals surface area contributed by atoms with E-state index in [4.69, 9.17) is 0 Å². The number of carbonyl (C=O) groups is 1. The average molecular weight is 298 g/mol. The molecule has 0 aliphatic carbocycles. The SMILES string of the molecule is Cc1cc(C(C)(C)C)cc(C)c1N(C)C(=O)Br. The summed E-state index contributed by atoms with van der Waals surface area (Å²) in [4.78, 5) is 12.9. The summed E-state index contributed by atoms with van der Waals surface area (Å²) in [5.41, 5.74) is 4.67. The van der Waals surface area contributed by atoms with Gasteiger partial charge in [0.05, 0.1) is 0 Å². The van der Waals surface area contributed by atoms with E-state index in [1.807, 2.05) is 13.8 Å². The molecule has 0 saturated heterocycles. The average Bonchev–Trinajstić information content (AvgIpc) is 2.14. The van der Waals surface area contributed by atoms with Crippen LogP contribution in [0.3, 0.4) is 0 Å². The summed E-state index contributed by atoms with van der Waals surface area (Å²) in [5.74, 6) is 0. The van der Waals surface area contributed by atoms with Gasteiger partial charge in [0.25, 0.3) is 4.82 Å². The van der Waals surface area contributed by atoms with Gasteiger partial charge in [-0.2, -0.15) is 0 Å². The minimum absolute atomic E-state index is 0.118. The lowest BCUT2D eigenvalue weighted by atomic mass is 9.84. The third-order valence-corrected chi connectivity index (χ3v) is 3.49. The first-order chi connectivity index (χ1) is 7.64. The number of hydrogen-bond donors (Lipinski definition) is 0. The van der Waals surface area contributed by atoms with Crippen molar-refractivity contribution in [3.05, 3.63) is 28.8 Å². The van der Waals surface area contributed by atoms with Crippen molar-refractivity contribution in [2.24, 2.45) is 0 Å². The van der Waals surface area contributed by atoms with Crippen LogP contribution in [-0.2, 0) is 5.41 Å². The molecule has 1 amide bonds. The normalized spacial score (nSPS) is 11.5. The fourth-order valence-electron chi connectivity index (χ4n) is 2.01. The highest BCUT2D eigenvalue weighted by Gasteiger charge is 2.19. The van der Waals surface area contributed by atoms with E-state index in [2.05, 4.69) is 48.8 Å². The molecular weight excluding hydrogens is 278 g/mol. The molecule has 0 aliphatic heterocycles. The number of nitrogens with zero attached hydrogens (tertiary/aromatic N) is 1. The Kier molecular flexibility index (Phi) is 4.03. The molecule has 0 bridgehead atoms. The highest BCUT2D eigenvalue weighted by Crippen LogP contribution is 2.31. The number of amides is 1. The Bertz CT molecular complexity index is 423. The number of carbonyl (C=O) groups excluding carboxylic acids is 1. The first-order valence-electron chi connectivity index (χ1n) is 5.69. The summed E-state index contributed by atoms with van der Waals surface area (Å²) < 4.78 is 0. The van der Waals surface area contributed by atoms with Gasteiger partial charge in [0.1, 0.15) is 0 Å². The van der Waals surface area contributed by atoms with Gasteiger partial charge in [-0.1, -0.05) is 32.9 Å². The van der Waals surface area contributed by atoms with Gasteiger partial charge in [0.15, 0.2) is 0 Å². The lowest BCUT2D eigenvalue weighted by Gasteiger charge is -2.25. The van der Waals surface area contributed by atoms with E-state index in [-0.39, 0.29) is 10.2 Å². The van der Waals surface area contributed by atoms with Crippen LogP contribution in [0, 0.1) is 13.8 Å². The van der Waals surface area contributed by atoms with Gasteiger partial charge in [-0.05, 0) is 36.0 Å². The van der Waals surface area contributed by atoms with Crippen LogP contribution in [0.25, 0.3) is 0 Å². The molecule has 94 valence electrons. The zero-order valence-electron chi connectivity index (χ0n) is 11.4. The number of rotatable bonds is 1. The number of anilines is 1. The molecule has 1 aromatic rings. The van der Waals surface area contributed by atoms with Crippen LogP contribution in [-0.4, -0.2) is 11.9 Å². The molecule has 0 saturated carbocycles. The number of halogens is 1. The van der Waals surface area contributed by atoms with Gasteiger partial charge in [-0.15, -0.1) is 0 Å². The maximum absolute atomic E-state index is 11.4. The van der Waals surface area contributed by atoms with E-state index in [0.29, 0.717) is 0 Å². The number of hydrogen-bond acceptors (Lipinski definition) is 1. The molecule has 0 heterocycles. The van der Waals surface area contributed by atoms with E-state index in [9.17, 15) is 4.79 Å². The van der Waals surface area contributed by atoms with Crippen molar-refractivity contribution in [3.63, 3.8) is 0 Å². The smallest absolute Gasteiger partial charge is 0.293 e.